The lowest BCUT2D eigenvalue weighted by molar-refractivity contribution is -0.232. The molecule has 0 aliphatic carbocycles. The van der Waals surface area contributed by atoms with E-state index in [0.29, 0.717) is 0 Å². The number of rotatable bonds is 2. The molecule has 6 atom stereocenters. The number of halogens is 1. The minimum absolute atomic E-state index is 0.438. The zero-order valence-electron chi connectivity index (χ0n) is 12.7. The van der Waals surface area contributed by atoms with Crippen LogP contribution in [0.15, 0.2) is 0 Å². The van der Waals surface area contributed by atoms with Crippen LogP contribution in [0.3, 0.4) is 0 Å². The fraction of sp³-hybridized carbons (Fsp3) is 0.857. The second-order valence-corrected chi connectivity index (χ2v) is 7.50. The SMILES string of the molecule is CC1(C)O[C@H]2[C@@H](O1)[C@@H](C(Br)C(=O)C#N)O[C@@H]1OC(C)(C)O[C@@H]12. The van der Waals surface area contributed by atoms with E-state index in [-0.39, 0.29) is 0 Å². The van der Waals surface area contributed by atoms with E-state index in [1.165, 1.54) is 0 Å². The van der Waals surface area contributed by atoms with Gasteiger partial charge in [-0.3, -0.25) is 4.79 Å². The Kier molecular flexibility index (Phi) is 3.87. The highest BCUT2D eigenvalue weighted by Gasteiger charge is 2.62. The summed E-state index contributed by atoms with van der Waals surface area (Å²) in [7, 11) is 0. The predicted octanol–water partition coefficient (Wildman–Crippen LogP) is 1.24. The maximum Gasteiger partial charge on any atom is 0.248 e. The van der Waals surface area contributed by atoms with Crippen LogP contribution in [-0.2, 0) is 28.5 Å². The number of nitriles is 1. The molecule has 122 valence electrons. The first-order chi connectivity index (χ1) is 10.1. The van der Waals surface area contributed by atoms with Crippen molar-refractivity contribution in [1.82, 2.24) is 0 Å². The molecular weight excluding hydrogens is 358 g/mol. The van der Waals surface area contributed by atoms with Crippen molar-refractivity contribution >= 4 is 21.7 Å². The van der Waals surface area contributed by atoms with Crippen LogP contribution in [0.4, 0.5) is 0 Å². The molecule has 3 fully saturated rings. The number of alkyl halides is 1. The van der Waals surface area contributed by atoms with Crippen LogP contribution in [-0.4, -0.2) is 52.9 Å². The van der Waals surface area contributed by atoms with Crippen molar-refractivity contribution < 1.29 is 28.5 Å². The smallest absolute Gasteiger partial charge is 0.248 e. The van der Waals surface area contributed by atoms with Crippen molar-refractivity contribution in [2.75, 3.05) is 0 Å². The second-order valence-electron chi connectivity index (χ2n) is 6.51. The third-order valence-corrected chi connectivity index (χ3v) is 4.78. The van der Waals surface area contributed by atoms with Gasteiger partial charge < -0.3 is 23.7 Å². The van der Waals surface area contributed by atoms with Crippen molar-refractivity contribution in [2.45, 2.75) is 74.8 Å². The predicted molar refractivity (Wildman–Crippen MR) is 75.9 cm³/mol. The average molecular weight is 376 g/mol. The lowest BCUT2D eigenvalue weighted by atomic mass is 9.96. The van der Waals surface area contributed by atoms with Gasteiger partial charge in [0.2, 0.25) is 5.78 Å². The molecule has 3 aliphatic rings. The molecule has 3 aliphatic heterocycles. The van der Waals surface area contributed by atoms with Crippen LogP contribution in [0, 0.1) is 11.3 Å². The Hall–Kier alpha value is -0.560. The molecule has 0 aromatic heterocycles. The summed E-state index contributed by atoms with van der Waals surface area (Å²) in [4.78, 5) is 10.9. The molecule has 0 aromatic rings. The maximum atomic E-state index is 11.7. The molecule has 0 bridgehead atoms. The molecule has 7 nitrogen and oxygen atoms in total. The van der Waals surface area contributed by atoms with Gasteiger partial charge in [-0.2, -0.15) is 5.26 Å². The zero-order chi connectivity index (χ0) is 16.3. The molecule has 0 saturated carbocycles. The molecule has 3 saturated heterocycles. The highest BCUT2D eigenvalue weighted by atomic mass is 79.9. The third-order valence-electron chi connectivity index (χ3n) is 3.84. The molecule has 0 spiro atoms. The van der Waals surface area contributed by atoms with E-state index in [4.69, 9.17) is 28.9 Å². The number of carbonyl (C=O) groups excluding carboxylic acids is 1. The van der Waals surface area contributed by atoms with Crippen LogP contribution >= 0.6 is 15.9 Å². The van der Waals surface area contributed by atoms with E-state index in [9.17, 15) is 4.79 Å². The quantitative estimate of drug-likeness (QED) is 0.529. The summed E-state index contributed by atoms with van der Waals surface area (Å²) in [5.74, 6) is -2.27. The summed E-state index contributed by atoms with van der Waals surface area (Å²) in [6, 6.07) is 1.60. The molecule has 22 heavy (non-hydrogen) atoms. The first-order valence-electron chi connectivity index (χ1n) is 7.08. The normalized spacial score (nSPS) is 43.0. The van der Waals surface area contributed by atoms with Crippen molar-refractivity contribution in [3.8, 4) is 6.07 Å². The van der Waals surface area contributed by atoms with Crippen molar-refractivity contribution in [1.29, 1.82) is 5.26 Å². The van der Waals surface area contributed by atoms with Gasteiger partial charge in [-0.15, -0.1) is 0 Å². The van der Waals surface area contributed by atoms with Gasteiger partial charge >= 0.3 is 0 Å². The summed E-state index contributed by atoms with van der Waals surface area (Å²) in [5.41, 5.74) is 0. The largest absolute Gasteiger partial charge is 0.342 e. The highest BCUT2D eigenvalue weighted by molar-refractivity contribution is 9.10. The number of hydrogen-bond acceptors (Lipinski definition) is 7. The van der Waals surface area contributed by atoms with Gasteiger partial charge in [0.25, 0.3) is 0 Å². The van der Waals surface area contributed by atoms with Gasteiger partial charge in [0.15, 0.2) is 17.9 Å². The second kappa shape index (κ2) is 5.23. The van der Waals surface area contributed by atoms with Crippen molar-refractivity contribution in [3.63, 3.8) is 0 Å². The Labute approximate surface area is 136 Å². The Bertz CT molecular complexity index is 530. The summed E-state index contributed by atoms with van der Waals surface area (Å²) >= 11 is 3.24. The summed E-state index contributed by atoms with van der Waals surface area (Å²) in [6.07, 6.45) is -2.79. The number of carbonyl (C=O) groups is 1. The lowest BCUT2D eigenvalue weighted by Gasteiger charge is -2.38. The van der Waals surface area contributed by atoms with Crippen molar-refractivity contribution in [2.24, 2.45) is 0 Å². The molecule has 0 radical (unpaired) electrons. The minimum Gasteiger partial charge on any atom is -0.342 e. The zero-order valence-corrected chi connectivity index (χ0v) is 14.3. The molecule has 8 heteroatoms. The van der Waals surface area contributed by atoms with E-state index >= 15 is 0 Å². The van der Waals surface area contributed by atoms with Crippen molar-refractivity contribution in [3.05, 3.63) is 0 Å². The van der Waals surface area contributed by atoms with Crippen LogP contribution in [0.1, 0.15) is 27.7 Å². The average Bonchev–Trinajstić information content (AvgIpc) is 2.90. The fourth-order valence-corrected chi connectivity index (χ4v) is 3.62. The number of ether oxygens (including phenoxy) is 5. The molecule has 0 amide bonds. The molecule has 1 unspecified atom stereocenters. The molecular formula is C14H18BrNO6. The van der Waals surface area contributed by atoms with Crippen LogP contribution in [0.5, 0.6) is 0 Å². The summed E-state index contributed by atoms with van der Waals surface area (Å²) in [6.45, 7) is 7.14. The maximum absolute atomic E-state index is 11.7. The Balaban J connectivity index is 1.90. The van der Waals surface area contributed by atoms with Crippen LogP contribution in [0.25, 0.3) is 0 Å². The van der Waals surface area contributed by atoms with E-state index in [2.05, 4.69) is 15.9 Å². The topological polar surface area (TPSA) is 87.0 Å². The Morgan fingerprint density at radius 2 is 1.59 bits per heavy atom. The van der Waals surface area contributed by atoms with E-state index in [1.807, 2.05) is 0 Å². The standard InChI is InChI=1S/C14H18BrNO6/c1-13(2)19-9-8(7(15)6(17)5-16)18-12-11(10(9)20-13)21-14(3,4)22-12/h7-12H,1-4H3/t7?,8-,9+,10+,11-,12-/m1/s1. The summed E-state index contributed by atoms with van der Waals surface area (Å²) < 4.78 is 29.3. The molecule has 3 rings (SSSR count). The number of fused-ring (bicyclic) bond motifs is 3. The van der Waals surface area contributed by atoms with Gasteiger partial charge in [-0.25, -0.2) is 0 Å². The molecule has 0 aromatic carbocycles. The molecule has 0 N–H and O–H groups in total. The van der Waals surface area contributed by atoms with E-state index < -0.39 is 52.9 Å². The van der Waals surface area contributed by atoms with Gasteiger partial charge in [-0.1, -0.05) is 15.9 Å². The number of nitrogens with zero attached hydrogens (tertiary/aromatic N) is 1. The first-order valence-corrected chi connectivity index (χ1v) is 8.00. The summed E-state index contributed by atoms with van der Waals surface area (Å²) in [5, 5.41) is 8.84. The van der Waals surface area contributed by atoms with E-state index in [0.717, 1.165) is 0 Å². The highest BCUT2D eigenvalue weighted by Crippen LogP contribution is 2.45. The van der Waals surface area contributed by atoms with Gasteiger partial charge in [0.05, 0.1) is 0 Å². The molecule has 3 heterocycles. The number of ketones is 1. The first kappa shape index (κ1) is 16.3. The third kappa shape index (κ3) is 2.70. The van der Waals surface area contributed by atoms with E-state index in [1.54, 1.807) is 33.8 Å². The van der Waals surface area contributed by atoms with Gasteiger partial charge in [0.1, 0.15) is 35.3 Å². The van der Waals surface area contributed by atoms with Gasteiger partial charge in [-0.05, 0) is 27.7 Å². The Morgan fingerprint density at radius 1 is 1.05 bits per heavy atom. The van der Waals surface area contributed by atoms with Crippen LogP contribution in [0.2, 0.25) is 0 Å². The fourth-order valence-electron chi connectivity index (χ4n) is 3.09. The van der Waals surface area contributed by atoms with Gasteiger partial charge in [0, 0.05) is 0 Å². The number of hydrogen-bond donors (Lipinski definition) is 0. The minimum atomic E-state index is -0.829. The van der Waals surface area contributed by atoms with Crippen LogP contribution < -0.4 is 0 Å². The monoisotopic (exact) mass is 375 g/mol. The Morgan fingerprint density at radius 3 is 2.23 bits per heavy atom. The number of Topliss-reactive ketones (excluding diaryl/α,β-unsaturated/α-hetero) is 1. The lowest BCUT2D eigenvalue weighted by Crippen LogP contribution is -2.58.